The van der Waals surface area contributed by atoms with Gasteiger partial charge in [-0.25, -0.2) is 13.1 Å². The van der Waals surface area contributed by atoms with Crippen molar-refractivity contribution in [3.8, 4) is 0 Å². The molecule has 29 heavy (non-hydrogen) atoms. The third kappa shape index (κ3) is 4.02. The Morgan fingerprint density at radius 2 is 2.14 bits per heavy atom. The zero-order valence-electron chi connectivity index (χ0n) is 15.7. The van der Waals surface area contributed by atoms with Gasteiger partial charge < -0.3 is 5.32 Å². The normalized spacial score (nSPS) is 18.2. The molecule has 1 fully saturated rings. The van der Waals surface area contributed by atoms with Crippen LogP contribution in [0.4, 0.5) is 0 Å². The number of sulfonamides is 1. The number of hydrogen-bond acceptors (Lipinski definition) is 6. The van der Waals surface area contributed by atoms with Gasteiger partial charge in [0.2, 0.25) is 5.91 Å². The van der Waals surface area contributed by atoms with E-state index in [1.54, 1.807) is 23.9 Å². The van der Waals surface area contributed by atoms with Gasteiger partial charge in [0.05, 0.1) is 9.85 Å². The van der Waals surface area contributed by atoms with E-state index in [2.05, 4.69) is 15.6 Å². The molecule has 1 saturated heterocycles. The number of nitrogens with one attached hydrogen (secondary N) is 1. The molecule has 1 aliphatic heterocycles. The van der Waals surface area contributed by atoms with Crippen molar-refractivity contribution in [3.05, 3.63) is 40.2 Å². The Bertz CT molecular complexity index is 1160. The molecule has 3 aromatic rings. The summed E-state index contributed by atoms with van der Waals surface area (Å²) >= 11 is 6.97. The smallest absolute Gasteiger partial charge is 0.253 e. The molecular weight excluding hydrogens is 434 g/mol. The lowest BCUT2D eigenvalue weighted by Crippen LogP contribution is -2.48. The highest BCUT2D eigenvalue weighted by Crippen LogP contribution is 2.31. The topological polar surface area (TPSA) is 97.2 Å². The number of halogens is 1. The second-order valence-corrected chi connectivity index (χ2v) is 10.8. The summed E-state index contributed by atoms with van der Waals surface area (Å²) in [6.45, 7) is 0.613. The summed E-state index contributed by atoms with van der Waals surface area (Å²) in [5, 5.41) is 10.9. The zero-order valence-corrected chi connectivity index (χ0v) is 18.1. The maximum absolute atomic E-state index is 13.4. The molecule has 4 rings (SSSR count). The van der Waals surface area contributed by atoms with Gasteiger partial charge >= 0.3 is 0 Å². The number of hydrogen-bond donors (Lipinski definition) is 1. The van der Waals surface area contributed by atoms with Crippen LogP contribution < -0.4 is 5.32 Å². The van der Waals surface area contributed by atoms with Crippen LogP contribution in [0.1, 0.15) is 24.8 Å². The lowest BCUT2D eigenvalue weighted by Gasteiger charge is -2.28. The van der Waals surface area contributed by atoms with Crippen LogP contribution in [0.5, 0.6) is 0 Å². The number of nitrogens with zero attached hydrogens (tertiary/aromatic N) is 4. The molecule has 0 radical (unpaired) electrons. The fourth-order valence-electron chi connectivity index (χ4n) is 3.48. The summed E-state index contributed by atoms with van der Waals surface area (Å²) in [6, 6.07) is 7.75. The minimum atomic E-state index is -3.91. The molecule has 2 aromatic heterocycles. The molecular formula is C18H20ClN5O3S2. The number of aryl methyl sites for hydroxylation is 1. The van der Waals surface area contributed by atoms with Crippen molar-refractivity contribution in [2.45, 2.75) is 36.1 Å². The molecule has 3 heterocycles. The van der Waals surface area contributed by atoms with Crippen LogP contribution in [0.2, 0.25) is 4.34 Å². The van der Waals surface area contributed by atoms with Crippen LogP contribution in [0.3, 0.4) is 0 Å². The number of aromatic nitrogens is 3. The number of benzene rings is 1. The van der Waals surface area contributed by atoms with Gasteiger partial charge in [-0.15, -0.1) is 16.4 Å². The fourth-order valence-corrected chi connectivity index (χ4v) is 6.70. The molecule has 0 aliphatic carbocycles. The number of carbonyl (C=O) groups is 1. The Kier molecular flexibility index (Phi) is 5.60. The summed E-state index contributed by atoms with van der Waals surface area (Å²) in [6.07, 6.45) is 2.06. The van der Waals surface area contributed by atoms with Gasteiger partial charge in [-0.05, 0) is 49.1 Å². The lowest BCUT2D eigenvalue weighted by atomic mass is 10.1. The Morgan fingerprint density at radius 3 is 2.90 bits per heavy atom. The van der Waals surface area contributed by atoms with Gasteiger partial charge in [0.1, 0.15) is 15.8 Å². The van der Waals surface area contributed by atoms with E-state index in [1.807, 2.05) is 12.1 Å². The molecule has 8 nitrogen and oxygen atoms in total. The monoisotopic (exact) mass is 453 g/mol. The van der Waals surface area contributed by atoms with Crippen molar-refractivity contribution >= 4 is 49.9 Å². The molecule has 0 spiro atoms. The number of thiophene rings is 1. The van der Waals surface area contributed by atoms with Crippen molar-refractivity contribution < 1.29 is 13.2 Å². The van der Waals surface area contributed by atoms with Gasteiger partial charge in [-0.1, -0.05) is 22.9 Å². The van der Waals surface area contributed by atoms with Gasteiger partial charge in [-0.3, -0.25) is 4.79 Å². The van der Waals surface area contributed by atoms with E-state index in [-0.39, 0.29) is 16.7 Å². The molecule has 0 unspecified atom stereocenters. The maximum atomic E-state index is 13.4. The van der Waals surface area contributed by atoms with E-state index in [0.29, 0.717) is 22.8 Å². The van der Waals surface area contributed by atoms with Crippen LogP contribution in [-0.4, -0.2) is 46.2 Å². The maximum Gasteiger partial charge on any atom is 0.253 e. The molecule has 1 aliphatic rings. The summed E-state index contributed by atoms with van der Waals surface area (Å²) in [5.74, 6) is -0.269. The van der Waals surface area contributed by atoms with Gasteiger partial charge in [-0.2, -0.15) is 4.31 Å². The van der Waals surface area contributed by atoms with Crippen molar-refractivity contribution in [1.82, 2.24) is 24.6 Å². The average Bonchev–Trinajstić information content (AvgIpc) is 3.22. The van der Waals surface area contributed by atoms with Crippen molar-refractivity contribution in [2.24, 2.45) is 7.05 Å². The average molecular weight is 454 g/mol. The molecule has 11 heteroatoms. The van der Waals surface area contributed by atoms with Gasteiger partial charge in [0, 0.05) is 20.1 Å². The summed E-state index contributed by atoms with van der Waals surface area (Å²) < 4.78 is 30.3. The van der Waals surface area contributed by atoms with E-state index in [4.69, 9.17) is 11.6 Å². The van der Waals surface area contributed by atoms with Crippen LogP contribution >= 0.6 is 22.9 Å². The molecule has 1 N–H and O–H groups in total. The van der Waals surface area contributed by atoms with Crippen LogP contribution in [-0.2, 0) is 28.4 Å². The quantitative estimate of drug-likeness (QED) is 0.640. The molecule has 1 aromatic carbocycles. The van der Waals surface area contributed by atoms with Crippen molar-refractivity contribution in [3.63, 3.8) is 0 Å². The van der Waals surface area contributed by atoms with E-state index in [0.717, 1.165) is 35.3 Å². The molecule has 0 bridgehead atoms. The first-order valence-corrected chi connectivity index (χ1v) is 11.8. The summed E-state index contributed by atoms with van der Waals surface area (Å²) in [4.78, 5) is 12.7. The predicted molar refractivity (Wildman–Crippen MR) is 111 cm³/mol. The van der Waals surface area contributed by atoms with Crippen LogP contribution in [0.15, 0.2) is 34.5 Å². The van der Waals surface area contributed by atoms with E-state index >= 15 is 0 Å². The lowest BCUT2D eigenvalue weighted by molar-refractivity contribution is -0.124. The molecule has 1 amide bonds. The number of carbonyl (C=O) groups excluding carboxylic acids is 1. The van der Waals surface area contributed by atoms with Crippen LogP contribution in [0.25, 0.3) is 11.0 Å². The Hall–Kier alpha value is -2.01. The third-order valence-corrected chi connectivity index (χ3v) is 8.53. The standard InChI is InChI=1S/C18H20ClN5O3S2/c1-23-14-6-5-12(10-13(14)21-22-23)11-24(15-4-2-3-9-20-18(15)25)29(26,27)17-8-7-16(19)28-17/h5-8,10,15H,2-4,9,11H2,1H3,(H,20,25)/t15-/m1/s1. The molecule has 1 atom stereocenters. The van der Waals surface area contributed by atoms with Gasteiger partial charge in [0.15, 0.2) is 0 Å². The highest BCUT2D eigenvalue weighted by molar-refractivity contribution is 7.91. The fraction of sp³-hybridized carbons (Fsp3) is 0.389. The van der Waals surface area contributed by atoms with E-state index in [9.17, 15) is 13.2 Å². The second kappa shape index (κ2) is 8.02. The highest BCUT2D eigenvalue weighted by atomic mass is 35.5. The minimum Gasteiger partial charge on any atom is -0.355 e. The number of rotatable bonds is 5. The largest absolute Gasteiger partial charge is 0.355 e. The summed E-state index contributed by atoms with van der Waals surface area (Å²) in [5.41, 5.74) is 2.26. The Labute approximate surface area is 177 Å². The van der Waals surface area contributed by atoms with Gasteiger partial charge in [0.25, 0.3) is 10.0 Å². The summed E-state index contributed by atoms with van der Waals surface area (Å²) in [7, 11) is -2.12. The SMILES string of the molecule is Cn1nnc2cc(CN([C@@H]3CCCCNC3=O)S(=O)(=O)c3ccc(Cl)s3)ccc21. The number of amides is 1. The molecule has 154 valence electrons. The van der Waals surface area contributed by atoms with E-state index < -0.39 is 16.1 Å². The van der Waals surface area contributed by atoms with Crippen molar-refractivity contribution in [1.29, 1.82) is 0 Å². The second-order valence-electron chi connectivity index (χ2n) is 6.95. The van der Waals surface area contributed by atoms with E-state index in [1.165, 1.54) is 10.4 Å². The first kappa shape index (κ1) is 20.3. The molecule has 0 saturated carbocycles. The third-order valence-electron chi connectivity index (χ3n) is 4.98. The predicted octanol–water partition coefficient (Wildman–Crippen LogP) is 2.54. The number of fused-ring (bicyclic) bond motifs is 1. The van der Waals surface area contributed by atoms with Crippen molar-refractivity contribution in [2.75, 3.05) is 6.54 Å². The Morgan fingerprint density at radius 1 is 1.31 bits per heavy atom. The highest BCUT2D eigenvalue weighted by Gasteiger charge is 2.37. The minimum absolute atomic E-state index is 0.0580. The zero-order chi connectivity index (χ0) is 20.6. The first-order valence-electron chi connectivity index (χ1n) is 9.19. The van der Waals surface area contributed by atoms with Crippen LogP contribution in [0, 0.1) is 0 Å². The Balaban J connectivity index is 1.75. The first-order chi connectivity index (χ1) is 13.9.